The number of amides is 1. The minimum Gasteiger partial charge on any atom is -0.337 e. The molecule has 0 spiro atoms. The molecule has 24 heavy (non-hydrogen) atoms. The molecule has 3 rings (SSSR count). The van der Waals surface area contributed by atoms with E-state index in [2.05, 4.69) is 15.1 Å². The molecule has 1 saturated heterocycles. The van der Waals surface area contributed by atoms with Gasteiger partial charge < -0.3 is 4.90 Å². The molecule has 0 N–H and O–H groups in total. The van der Waals surface area contributed by atoms with Crippen LogP contribution in [0.15, 0.2) is 17.2 Å². The third-order valence-electron chi connectivity index (χ3n) is 4.50. The molecule has 2 aromatic rings. The minimum absolute atomic E-state index is 0.0825. The van der Waals surface area contributed by atoms with Crippen LogP contribution in [0.1, 0.15) is 47.7 Å². The average Bonchev–Trinajstić information content (AvgIpc) is 2.89. The van der Waals surface area contributed by atoms with Gasteiger partial charge in [0.25, 0.3) is 5.91 Å². The molecule has 0 bridgehead atoms. The highest BCUT2D eigenvalue weighted by Crippen LogP contribution is 2.26. The largest absolute Gasteiger partial charge is 0.345 e. The maximum absolute atomic E-state index is 12.5. The van der Waals surface area contributed by atoms with Gasteiger partial charge in [-0.15, -0.1) is 0 Å². The fourth-order valence-corrected chi connectivity index (χ4v) is 3.13. The van der Waals surface area contributed by atoms with Crippen LogP contribution in [0.25, 0.3) is 0 Å². The Labute approximate surface area is 140 Å². The van der Waals surface area contributed by atoms with E-state index in [0.29, 0.717) is 25.3 Å². The number of likely N-dealkylation sites (tertiary alicyclic amines) is 1. The molecule has 0 saturated carbocycles. The summed E-state index contributed by atoms with van der Waals surface area (Å²) < 4.78 is 3.10. The van der Waals surface area contributed by atoms with E-state index in [0.717, 1.165) is 24.4 Å². The lowest BCUT2D eigenvalue weighted by atomic mass is 9.95. The summed E-state index contributed by atoms with van der Waals surface area (Å²) in [6.07, 6.45) is 4.72. The highest BCUT2D eigenvalue weighted by Gasteiger charge is 2.28. The lowest BCUT2D eigenvalue weighted by Crippen LogP contribution is -2.39. The highest BCUT2D eigenvalue weighted by molar-refractivity contribution is 5.92. The Hall–Kier alpha value is -2.51. The van der Waals surface area contributed by atoms with E-state index in [1.54, 1.807) is 22.7 Å². The van der Waals surface area contributed by atoms with Gasteiger partial charge in [0.2, 0.25) is 0 Å². The van der Waals surface area contributed by atoms with Crippen molar-refractivity contribution < 1.29 is 4.79 Å². The lowest BCUT2D eigenvalue weighted by Gasteiger charge is -2.31. The van der Waals surface area contributed by atoms with Gasteiger partial charge >= 0.3 is 5.69 Å². The molecule has 0 aliphatic carbocycles. The van der Waals surface area contributed by atoms with Crippen molar-refractivity contribution in [1.29, 1.82) is 0 Å². The smallest absolute Gasteiger partial charge is 0.337 e. The number of aryl methyl sites for hydroxylation is 2. The Morgan fingerprint density at radius 3 is 2.54 bits per heavy atom. The van der Waals surface area contributed by atoms with Gasteiger partial charge in [-0.3, -0.25) is 14.3 Å². The van der Waals surface area contributed by atoms with Gasteiger partial charge in [0.1, 0.15) is 11.5 Å². The normalized spacial score (nSPS) is 15.7. The van der Waals surface area contributed by atoms with Crippen molar-refractivity contribution >= 4 is 5.91 Å². The summed E-state index contributed by atoms with van der Waals surface area (Å²) in [5, 5.41) is 4.38. The Morgan fingerprint density at radius 2 is 1.96 bits per heavy atom. The van der Waals surface area contributed by atoms with Crippen molar-refractivity contribution in [2.45, 2.75) is 39.2 Å². The SMILES string of the molecule is CCn1c(C2CCN(C(=O)c3cnc(C)cn3)CC2)nn(C)c1=O. The zero-order valence-corrected chi connectivity index (χ0v) is 14.3. The molecule has 0 atom stereocenters. The standard InChI is InChI=1S/C16H22N6O2/c1-4-22-14(19-20(3)16(22)24)12-5-7-21(8-6-12)15(23)13-10-17-11(2)9-18-13/h9-10,12H,4-8H2,1-3H3. The molecular formula is C16H22N6O2. The van der Waals surface area contributed by atoms with E-state index in [-0.39, 0.29) is 17.5 Å². The second-order valence-electron chi connectivity index (χ2n) is 6.12. The third-order valence-corrected chi connectivity index (χ3v) is 4.50. The van der Waals surface area contributed by atoms with Gasteiger partial charge in [0, 0.05) is 38.8 Å². The van der Waals surface area contributed by atoms with Crippen LogP contribution < -0.4 is 5.69 Å². The van der Waals surface area contributed by atoms with Crippen LogP contribution in [-0.2, 0) is 13.6 Å². The van der Waals surface area contributed by atoms with Gasteiger partial charge in [-0.25, -0.2) is 14.5 Å². The van der Waals surface area contributed by atoms with Gasteiger partial charge in [-0.05, 0) is 26.7 Å². The summed E-state index contributed by atoms with van der Waals surface area (Å²) in [6.45, 7) is 5.66. The predicted molar refractivity (Wildman–Crippen MR) is 87.8 cm³/mol. The maximum atomic E-state index is 12.5. The number of rotatable bonds is 3. The summed E-state index contributed by atoms with van der Waals surface area (Å²) in [6, 6.07) is 0. The Bertz CT molecular complexity index is 784. The number of piperidine rings is 1. The first-order valence-corrected chi connectivity index (χ1v) is 8.23. The van der Waals surface area contributed by atoms with E-state index in [1.807, 2.05) is 13.8 Å². The topological polar surface area (TPSA) is 85.9 Å². The zero-order valence-electron chi connectivity index (χ0n) is 14.3. The Kier molecular flexibility index (Phi) is 4.46. The molecule has 2 aromatic heterocycles. The van der Waals surface area contributed by atoms with Crippen LogP contribution in [0.4, 0.5) is 0 Å². The number of nitrogens with zero attached hydrogens (tertiary/aromatic N) is 6. The maximum Gasteiger partial charge on any atom is 0.345 e. The highest BCUT2D eigenvalue weighted by atomic mass is 16.2. The molecule has 3 heterocycles. The lowest BCUT2D eigenvalue weighted by molar-refractivity contribution is 0.0703. The monoisotopic (exact) mass is 330 g/mol. The predicted octanol–water partition coefficient (Wildman–Crippen LogP) is 0.720. The van der Waals surface area contributed by atoms with E-state index >= 15 is 0 Å². The van der Waals surface area contributed by atoms with E-state index < -0.39 is 0 Å². The number of aromatic nitrogens is 5. The van der Waals surface area contributed by atoms with E-state index in [9.17, 15) is 9.59 Å². The summed E-state index contributed by atoms with van der Waals surface area (Å²) in [7, 11) is 1.67. The average molecular weight is 330 g/mol. The molecule has 1 aliphatic rings. The summed E-state index contributed by atoms with van der Waals surface area (Å²) in [4.78, 5) is 34.6. The molecule has 1 amide bonds. The van der Waals surface area contributed by atoms with Crippen LogP contribution in [0.2, 0.25) is 0 Å². The van der Waals surface area contributed by atoms with Crippen molar-refractivity contribution in [2.75, 3.05) is 13.1 Å². The Morgan fingerprint density at radius 1 is 1.25 bits per heavy atom. The molecule has 1 fully saturated rings. The first kappa shape index (κ1) is 16.4. The number of carbonyl (C=O) groups is 1. The van der Waals surface area contributed by atoms with Crippen molar-refractivity contribution in [2.24, 2.45) is 7.05 Å². The molecule has 0 unspecified atom stereocenters. The summed E-state index contributed by atoms with van der Waals surface area (Å²) >= 11 is 0. The molecule has 1 aliphatic heterocycles. The quantitative estimate of drug-likeness (QED) is 0.828. The molecule has 8 heteroatoms. The number of hydrogen-bond donors (Lipinski definition) is 0. The van der Waals surface area contributed by atoms with Crippen molar-refractivity contribution in [3.8, 4) is 0 Å². The second kappa shape index (κ2) is 6.54. The van der Waals surface area contributed by atoms with E-state index in [1.165, 1.54) is 10.9 Å². The molecule has 0 radical (unpaired) electrons. The first-order chi connectivity index (χ1) is 11.5. The molecule has 128 valence electrons. The van der Waals surface area contributed by atoms with Gasteiger partial charge in [-0.2, -0.15) is 5.10 Å². The van der Waals surface area contributed by atoms with Gasteiger partial charge in [0.05, 0.1) is 11.9 Å². The fraction of sp³-hybridized carbons (Fsp3) is 0.562. The minimum atomic E-state index is -0.0881. The van der Waals surface area contributed by atoms with Crippen molar-refractivity contribution in [1.82, 2.24) is 29.2 Å². The molecule has 0 aromatic carbocycles. The van der Waals surface area contributed by atoms with Gasteiger partial charge in [0.15, 0.2) is 0 Å². The van der Waals surface area contributed by atoms with Crippen LogP contribution in [0, 0.1) is 6.92 Å². The first-order valence-electron chi connectivity index (χ1n) is 8.23. The van der Waals surface area contributed by atoms with Crippen LogP contribution >= 0.6 is 0 Å². The van der Waals surface area contributed by atoms with Crippen molar-refractivity contribution in [3.63, 3.8) is 0 Å². The molecule has 8 nitrogen and oxygen atoms in total. The molecular weight excluding hydrogens is 308 g/mol. The van der Waals surface area contributed by atoms with Gasteiger partial charge in [-0.1, -0.05) is 0 Å². The zero-order chi connectivity index (χ0) is 17.3. The van der Waals surface area contributed by atoms with Crippen LogP contribution in [0.5, 0.6) is 0 Å². The Balaban J connectivity index is 1.70. The van der Waals surface area contributed by atoms with Crippen molar-refractivity contribution in [3.05, 3.63) is 40.1 Å². The second-order valence-corrected chi connectivity index (χ2v) is 6.12. The van der Waals surface area contributed by atoms with Crippen LogP contribution in [0.3, 0.4) is 0 Å². The fourth-order valence-electron chi connectivity index (χ4n) is 3.13. The third kappa shape index (κ3) is 2.95. The number of hydrogen-bond acceptors (Lipinski definition) is 5. The van der Waals surface area contributed by atoms with Crippen LogP contribution in [-0.4, -0.2) is 48.2 Å². The van der Waals surface area contributed by atoms with E-state index in [4.69, 9.17) is 0 Å². The summed E-state index contributed by atoms with van der Waals surface area (Å²) in [5.74, 6) is 0.939. The summed E-state index contributed by atoms with van der Waals surface area (Å²) in [5.41, 5.74) is 1.08. The number of carbonyl (C=O) groups excluding carboxylic acids is 1.